The van der Waals surface area contributed by atoms with E-state index in [1.165, 1.54) is 4.88 Å². The van der Waals surface area contributed by atoms with Crippen molar-refractivity contribution in [3.63, 3.8) is 0 Å². The van der Waals surface area contributed by atoms with Crippen LogP contribution in [-0.4, -0.2) is 20.2 Å². The summed E-state index contributed by atoms with van der Waals surface area (Å²) in [5, 5.41) is 5.51. The fraction of sp³-hybridized carbons (Fsp3) is 0.267. The molecule has 0 unspecified atom stereocenters. The first kappa shape index (κ1) is 15.1. The van der Waals surface area contributed by atoms with Crippen LogP contribution >= 0.6 is 11.3 Å². The van der Waals surface area contributed by atoms with Crippen LogP contribution in [0.15, 0.2) is 41.3 Å². The molecule has 2 heterocycles. The van der Waals surface area contributed by atoms with Crippen LogP contribution in [0.5, 0.6) is 0 Å². The third kappa shape index (κ3) is 3.00. The Morgan fingerprint density at radius 2 is 2.05 bits per heavy atom. The highest BCUT2D eigenvalue weighted by atomic mass is 32.2. The van der Waals surface area contributed by atoms with Gasteiger partial charge in [0.1, 0.15) is 0 Å². The van der Waals surface area contributed by atoms with E-state index >= 15 is 0 Å². The second kappa shape index (κ2) is 5.73. The van der Waals surface area contributed by atoms with E-state index in [0.29, 0.717) is 17.0 Å². The highest BCUT2D eigenvalue weighted by Gasteiger charge is 2.35. The molecule has 0 bridgehead atoms. The molecule has 1 aliphatic rings. The van der Waals surface area contributed by atoms with Gasteiger partial charge >= 0.3 is 6.03 Å². The molecule has 0 aliphatic carbocycles. The van der Waals surface area contributed by atoms with Crippen molar-refractivity contribution in [2.24, 2.45) is 0 Å². The molecule has 7 heteroatoms. The van der Waals surface area contributed by atoms with Gasteiger partial charge in [0.25, 0.3) is 0 Å². The van der Waals surface area contributed by atoms with E-state index in [9.17, 15) is 13.2 Å². The zero-order valence-corrected chi connectivity index (χ0v) is 13.6. The minimum absolute atomic E-state index is 0.0854. The standard InChI is InChI=1S/C15H16N2O3S2/c1-10-6-7-11(21-10)8-16-15(18)17-13-9-22(19,20)14-5-3-2-4-12(13)14/h2-7,13H,8-9H2,1H3,(H2,16,17,18)/t13-/m1/s1. The number of sulfone groups is 1. The summed E-state index contributed by atoms with van der Waals surface area (Å²) in [5.74, 6) is -0.0854. The number of rotatable bonds is 3. The van der Waals surface area contributed by atoms with Crippen molar-refractivity contribution in [1.29, 1.82) is 0 Å². The molecular weight excluding hydrogens is 320 g/mol. The van der Waals surface area contributed by atoms with Gasteiger partial charge in [-0.2, -0.15) is 0 Å². The summed E-state index contributed by atoms with van der Waals surface area (Å²) in [7, 11) is -3.30. The van der Waals surface area contributed by atoms with Gasteiger partial charge < -0.3 is 10.6 Å². The normalized spacial score (nSPS) is 18.7. The number of nitrogens with one attached hydrogen (secondary N) is 2. The summed E-state index contributed by atoms with van der Waals surface area (Å²) >= 11 is 1.62. The maximum atomic E-state index is 12.1. The molecule has 0 saturated heterocycles. The van der Waals surface area contributed by atoms with Crippen LogP contribution in [0.4, 0.5) is 4.79 Å². The van der Waals surface area contributed by atoms with Crippen molar-refractivity contribution < 1.29 is 13.2 Å². The van der Waals surface area contributed by atoms with Gasteiger partial charge in [0.15, 0.2) is 9.84 Å². The number of amides is 2. The van der Waals surface area contributed by atoms with Crippen LogP contribution in [0, 0.1) is 6.92 Å². The highest BCUT2D eigenvalue weighted by Crippen LogP contribution is 2.32. The Labute approximate surface area is 133 Å². The zero-order valence-electron chi connectivity index (χ0n) is 12.0. The molecule has 5 nitrogen and oxygen atoms in total. The summed E-state index contributed by atoms with van der Waals surface area (Å²) in [6.45, 7) is 2.44. The van der Waals surface area contributed by atoms with E-state index in [2.05, 4.69) is 10.6 Å². The highest BCUT2D eigenvalue weighted by molar-refractivity contribution is 7.91. The minimum Gasteiger partial charge on any atom is -0.333 e. The van der Waals surface area contributed by atoms with E-state index in [4.69, 9.17) is 0 Å². The van der Waals surface area contributed by atoms with Gasteiger partial charge in [-0.05, 0) is 30.7 Å². The maximum Gasteiger partial charge on any atom is 0.315 e. The van der Waals surface area contributed by atoms with Crippen LogP contribution in [0.1, 0.15) is 21.4 Å². The van der Waals surface area contributed by atoms with Crippen molar-refractivity contribution in [2.45, 2.75) is 24.4 Å². The number of urea groups is 1. The summed E-state index contributed by atoms with van der Waals surface area (Å²) in [5.41, 5.74) is 0.657. The van der Waals surface area contributed by atoms with Crippen molar-refractivity contribution in [1.82, 2.24) is 10.6 Å². The average molecular weight is 336 g/mol. The smallest absolute Gasteiger partial charge is 0.315 e. The van der Waals surface area contributed by atoms with Gasteiger partial charge in [0.05, 0.1) is 23.2 Å². The Kier molecular flexibility index (Phi) is 3.92. The lowest BCUT2D eigenvalue weighted by molar-refractivity contribution is 0.238. The summed E-state index contributed by atoms with van der Waals surface area (Å²) < 4.78 is 24.1. The van der Waals surface area contributed by atoms with Crippen LogP contribution < -0.4 is 10.6 Å². The fourth-order valence-electron chi connectivity index (χ4n) is 2.53. The number of hydrogen-bond donors (Lipinski definition) is 2. The minimum atomic E-state index is -3.30. The molecule has 1 atom stereocenters. The van der Waals surface area contributed by atoms with Crippen molar-refractivity contribution in [3.8, 4) is 0 Å². The molecular formula is C15H16N2O3S2. The van der Waals surface area contributed by atoms with Crippen LogP contribution in [0.3, 0.4) is 0 Å². The first-order chi connectivity index (χ1) is 10.5. The second-order valence-electron chi connectivity index (χ2n) is 5.21. The number of benzene rings is 1. The van der Waals surface area contributed by atoms with E-state index < -0.39 is 15.9 Å². The maximum absolute atomic E-state index is 12.1. The zero-order chi connectivity index (χ0) is 15.7. The number of aryl methyl sites for hydroxylation is 1. The quantitative estimate of drug-likeness (QED) is 0.904. The van der Waals surface area contributed by atoms with Gasteiger partial charge in [-0.3, -0.25) is 0 Å². The number of hydrogen-bond acceptors (Lipinski definition) is 4. The topological polar surface area (TPSA) is 75.3 Å². The lowest BCUT2D eigenvalue weighted by Crippen LogP contribution is -2.38. The summed E-state index contributed by atoms with van der Waals surface area (Å²) in [6.07, 6.45) is 0. The lowest BCUT2D eigenvalue weighted by atomic mass is 10.1. The molecule has 0 fully saturated rings. The van der Waals surface area contributed by atoms with Crippen molar-refractivity contribution >= 4 is 27.2 Å². The molecule has 0 radical (unpaired) electrons. The van der Waals surface area contributed by atoms with Crippen LogP contribution in [0.2, 0.25) is 0 Å². The van der Waals surface area contributed by atoms with Gasteiger partial charge in [0.2, 0.25) is 0 Å². The van der Waals surface area contributed by atoms with Crippen molar-refractivity contribution in [3.05, 3.63) is 51.7 Å². The Hall–Kier alpha value is -1.86. The molecule has 1 aromatic carbocycles. The SMILES string of the molecule is Cc1ccc(CNC(=O)N[C@@H]2CS(=O)(=O)c3ccccc32)s1. The molecule has 0 saturated carbocycles. The molecule has 0 spiro atoms. The molecule has 1 aromatic heterocycles. The Balaban J connectivity index is 1.65. The molecule has 116 valence electrons. The Bertz CT molecular complexity index is 812. The van der Waals surface area contributed by atoms with Crippen molar-refractivity contribution in [2.75, 3.05) is 5.75 Å². The van der Waals surface area contributed by atoms with Crippen LogP contribution in [-0.2, 0) is 16.4 Å². The molecule has 2 aromatic rings. The third-order valence-electron chi connectivity index (χ3n) is 3.54. The summed E-state index contributed by atoms with van der Waals surface area (Å²) in [4.78, 5) is 14.6. The molecule has 3 rings (SSSR count). The number of thiophene rings is 1. The number of carbonyl (C=O) groups excluding carboxylic acids is 1. The Morgan fingerprint density at radius 1 is 1.27 bits per heavy atom. The number of fused-ring (bicyclic) bond motifs is 1. The lowest BCUT2D eigenvalue weighted by Gasteiger charge is -2.13. The third-order valence-corrected chi connectivity index (χ3v) is 6.35. The van der Waals surface area contributed by atoms with E-state index in [-0.39, 0.29) is 11.8 Å². The second-order valence-corrected chi connectivity index (χ2v) is 8.59. The number of carbonyl (C=O) groups is 1. The Morgan fingerprint density at radius 3 is 2.77 bits per heavy atom. The van der Waals surface area contributed by atoms with Gasteiger partial charge in [0, 0.05) is 9.75 Å². The van der Waals surface area contributed by atoms with E-state index in [0.717, 1.165) is 4.88 Å². The molecule has 2 amide bonds. The van der Waals surface area contributed by atoms with E-state index in [1.807, 2.05) is 19.1 Å². The predicted octanol–water partition coefficient (Wildman–Crippen LogP) is 2.38. The predicted molar refractivity (Wildman–Crippen MR) is 85.7 cm³/mol. The fourth-order valence-corrected chi connectivity index (χ4v) is 5.09. The van der Waals surface area contributed by atoms with Crippen LogP contribution in [0.25, 0.3) is 0 Å². The van der Waals surface area contributed by atoms with Gasteiger partial charge in [-0.15, -0.1) is 11.3 Å². The summed E-state index contributed by atoms with van der Waals surface area (Å²) in [6, 6.07) is 9.91. The largest absolute Gasteiger partial charge is 0.333 e. The van der Waals surface area contributed by atoms with Gasteiger partial charge in [-0.25, -0.2) is 13.2 Å². The molecule has 22 heavy (non-hydrogen) atoms. The molecule has 2 N–H and O–H groups in total. The first-order valence-electron chi connectivity index (χ1n) is 6.87. The first-order valence-corrected chi connectivity index (χ1v) is 9.34. The monoisotopic (exact) mass is 336 g/mol. The average Bonchev–Trinajstić information content (AvgIpc) is 2.99. The molecule has 1 aliphatic heterocycles. The van der Waals surface area contributed by atoms with Gasteiger partial charge in [-0.1, -0.05) is 18.2 Å². The van der Waals surface area contributed by atoms with E-state index in [1.54, 1.807) is 35.6 Å².